The molecule has 0 saturated heterocycles. The van der Waals surface area contributed by atoms with Crippen LogP contribution in [0.2, 0.25) is 0 Å². The summed E-state index contributed by atoms with van der Waals surface area (Å²) in [6.07, 6.45) is -0.165. The maximum absolute atomic E-state index is 12.0. The summed E-state index contributed by atoms with van der Waals surface area (Å²) >= 11 is 4.98. The van der Waals surface area contributed by atoms with E-state index in [1.54, 1.807) is 0 Å². The predicted molar refractivity (Wildman–Crippen MR) is 176 cm³/mol. The standard InChI is InChI=1S/C31H36Br2N2O6S2/c1-31(2)27-16-20(33)8-10-22(27)24-17-26-23(18-28(24)31)21-9-7-19(32)15-25(21)29(41-13-6-14-43(38,39)34-3)30(26)40-12-5-11-35(4)42(36)37/h7-10,15-18,29-30,34H,5-6,11-14H2,1-4H3,(H,36,37)/p-1. The number of halogens is 2. The van der Waals surface area contributed by atoms with Gasteiger partial charge in [0.1, 0.15) is 12.2 Å². The number of sulfonamides is 1. The number of fused-ring (bicyclic) bond motifs is 6. The highest BCUT2D eigenvalue weighted by Crippen LogP contribution is 2.55. The van der Waals surface area contributed by atoms with Gasteiger partial charge in [-0.2, -0.15) is 0 Å². The first-order chi connectivity index (χ1) is 20.3. The van der Waals surface area contributed by atoms with E-state index >= 15 is 0 Å². The van der Waals surface area contributed by atoms with Crippen LogP contribution in [-0.4, -0.2) is 61.1 Å². The number of hydrogen-bond donors (Lipinski definition) is 1. The second kappa shape index (κ2) is 13.1. The van der Waals surface area contributed by atoms with Crippen LogP contribution in [0.5, 0.6) is 0 Å². The van der Waals surface area contributed by atoms with Gasteiger partial charge in [-0.3, -0.25) is 4.21 Å². The number of benzene rings is 3. The zero-order valence-corrected chi connectivity index (χ0v) is 29.3. The van der Waals surface area contributed by atoms with Gasteiger partial charge in [0, 0.05) is 45.4 Å². The average Bonchev–Trinajstić information content (AvgIpc) is 3.17. The van der Waals surface area contributed by atoms with Crippen molar-refractivity contribution in [3.63, 3.8) is 0 Å². The van der Waals surface area contributed by atoms with Crippen molar-refractivity contribution in [1.29, 1.82) is 0 Å². The van der Waals surface area contributed by atoms with E-state index in [0.29, 0.717) is 26.0 Å². The summed E-state index contributed by atoms with van der Waals surface area (Å²) in [6.45, 7) is 5.36. The number of nitrogens with zero attached hydrogens (tertiary/aromatic N) is 1. The number of nitrogens with one attached hydrogen (secondary N) is 1. The van der Waals surface area contributed by atoms with Crippen LogP contribution in [0.15, 0.2) is 57.5 Å². The molecule has 0 spiro atoms. The molecule has 8 nitrogen and oxygen atoms in total. The van der Waals surface area contributed by atoms with Crippen LogP contribution in [0.25, 0.3) is 22.3 Å². The highest BCUT2D eigenvalue weighted by atomic mass is 79.9. The second-order valence-corrected chi connectivity index (χ2v) is 16.3. The predicted octanol–water partition coefficient (Wildman–Crippen LogP) is 6.37. The monoisotopic (exact) mass is 753 g/mol. The lowest BCUT2D eigenvalue weighted by molar-refractivity contribution is -0.0798. The van der Waals surface area contributed by atoms with E-state index in [9.17, 15) is 17.2 Å². The zero-order chi connectivity index (χ0) is 31.1. The molecule has 12 heteroatoms. The fourth-order valence-electron chi connectivity index (χ4n) is 6.07. The summed E-state index contributed by atoms with van der Waals surface area (Å²) in [5.41, 5.74) is 8.68. The minimum atomic E-state index is -3.36. The Kier molecular flexibility index (Phi) is 10.0. The van der Waals surface area contributed by atoms with Crippen LogP contribution < -0.4 is 4.72 Å². The van der Waals surface area contributed by atoms with Crippen molar-refractivity contribution >= 4 is 53.1 Å². The Bertz CT molecular complexity index is 1660. The van der Waals surface area contributed by atoms with Gasteiger partial charge in [-0.05, 0) is 108 Å². The van der Waals surface area contributed by atoms with Crippen molar-refractivity contribution in [2.75, 3.05) is 39.6 Å². The summed E-state index contributed by atoms with van der Waals surface area (Å²) in [4.78, 5) is 0. The highest BCUT2D eigenvalue weighted by Gasteiger charge is 2.41. The topological polar surface area (TPSA) is 108 Å². The third-order valence-electron chi connectivity index (χ3n) is 8.34. The fourth-order valence-corrected chi connectivity index (χ4v) is 7.79. The van der Waals surface area contributed by atoms with E-state index in [1.807, 2.05) is 12.1 Å². The van der Waals surface area contributed by atoms with Crippen molar-refractivity contribution in [3.8, 4) is 22.3 Å². The quantitative estimate of drug-likeness (QED) is 0.170. The van der Waals surface area contributed by atoms with Gasteiger partial charge in [0.25, 0.3) is 0 Å². The molecule has 0 aromatic heterocycles. The summed E-state index contributed by atoms with van der Waals surface area (Å²) in [7, 11) is -0.430. The van der Waals surface area contributed by atoms with Gasteiger partial charge < -0.3 is 14.0 Å². The first-order valence-electron chi connectivity index (χ1n) is 14.1. The number of rotatable bonds is 12. The molecule has 0 amide bonds. The van der Waals surface area contributed by atoms with E-state index in [4.69, 9.17) is 9.47 Å². The molecular weight excluding hydrogens is 720 g/mol. The van der Waals surface area contributed by atoms with Gasteiger partial charge in [-0.25, -0.2) is 17.4 Å². The van der Waals surface area contributed by atoms with Gasteiger partial charge in [-0.1, -0.05) is 57.8 Å². The molecule has 0 radical (unpaired) electrons. The lowest BCUT2D eigenvalue weighted by atomic mass is 9.76. The van der Waals surface area contributed by atoms with E-state index < -0.39 is 33.5 Å². The SMILES string of the molecule is CNS(=O)(=O)CCCOC1c2cc(Br)ccc2-c2cc3c(cc2C1OCCCN(C)S(=O)[O-])-c1ccc(Br)cc1C3(C)C. The van der Waals surface area contributed by atoms with Gasteiger partial charge in [0.05, 0.1) is 5.75 Å². The largest absolute Gasteiger partial charge is 0.760 e. The lowest BCUT2D eigenvalue weighted by Crippen LogP contribution is -2.27. The minimum absolute atomic E-state index is 0.0444. The molecule has 3 unspecified atom stereocenters. The van der Waals surface area contributed by atoms with Crippen LogP contribution >= 0.6 is 31.9 Å². The molecule has 0 bridgehead atoms. The Hall–Kier alpha value is -1.48. The Morgan fingerprint density at radius 2 is 1.47 bits per heavy atom. The molecule has 0 aliphatic heterocycles. The molecule has 0 heterocycles. The molecule has 232 valence electrons. The van der Waals surface area contributed by atoms with Crippen molar-refractivity contribution in [1.82, 2.24) is 9.03 Å². The highest BCUT2D eigenvalue weighted by molar-refractivity contribution is 9.10. The first-order valence-corrected chi connectivity index (χ1v) is 18.3. The maximum Gasteiger partial charge on any atom is 0.211 e. The van der Waals surface area contributed by atoms with Gasteiger partial charge >= 0.3 is 0 Å². The maximum atomic E-state index is 12.0. The van der Waals surface area contributed by atoms with E-state index in [-0.39, 0.29) is 17.8 Å². The third-order valence-corrected chi connectivity index (χ3v) is 11.5. The molecule has 2 aliphatic carbocycles. The van der Waals surface area contributed by atoms with E-state index in [1.165, 1.54) is 35.1 Å². The molecule has 1 N–H and O–H groups in total. The summed E-state index contributed by atoms with van der Waals surface area (Å²) in [5, 5.41) is 0. The van der Waals surface area contributed by atoms with Gasteiger partial charge in [0.15, 0.2) is 0 Å². The van der Waals surface area contributed by atoms with Crippen LogP contribution in [0, 0.1) is 0 Å². The average molecular weight is 756 g/mol. The van der Waals surface area contributed by atoms with E-state index in [2.05, 4.69) is 86.8 Å². The molecule has 2 aliphatic rings. The van der Waals surface area contributed by atoms with Crippen LogP contribution in [-0.2, 0) is 36.2 Å². The van der Waals surface area contributed by atoms with Gasteiger partial charge in [-0.15, -0.1) is 0 Å². The van der Waals surface area contributed by atoms with Crippen LogP contribution in [0.1, 0.15) is 61.2 Å². The van der Waals surface area contributed by atoms with E-state index in [0.717, 1.165) is 36.8 Å². The summed E-state index contributed by atoms with van der Waals surface area (Å²) in [5.74, 6) is -0.0444. The minimum Gasteiger partial charge on any atom is -0.760 e. The smallest absolute Gasteiger partial charge is 0.211 e. The molecule has 3 aromatic rings. The molecule has 43 heavy (non-hydrogen) atoms. The van der Waals surface area contributed by atoms with Crippen LogP contribution in [0.3, 0.4) is 0 Å². The molecule has 0 saturated carbocycles. The third kappa shape index (κ3) is 6.73. The summed E-state index contributed by atoms with van der Waals surface area (Å²) in [6, 6.07) is 17.1. The Morgan fingerprint density at radius 1 is 0.884 bits per heavy atom. The normalized spacial score (nSPS) is 19.1. The molecule has 3 aromatic carbocycles. The zero-order valence-electron chi connectivity index (χ0n) is 24.5. The fraction of sp³-hybridized carbons (Fsp3) is 0.419. The van der Waals surface area contributed by atoms with Crippen molar-refractivity contribution in [2.24, 2.45) is 0 Å². The molecule has 0 fully saturated rings. The number of ether oxygens (including phenoxy) is 2. The summed E-state index contributed by atoms with van der Waals surface area (Å²) < 4.78 is 65.3. The van der Waals surface area contributed by atoms with Crippen molar-refractivity contribution < 1.29 is 26.7 Å². The first kappa shape index (κ1) is 32.9. The van der Waals surface area contributed by atoms with Crippen LogP contribution in [0.4, 0.5) is 0 Å². The Labute approximate surface area is 273 Å². The lowest BCUT2D eigenvalue weighted by Gasteiger charge is -2.36. The number of hydrogen-bond acceptors (Lipinski definition) is 6. The molecule has 3 atom stereocenters. The second-order valence-electron chi connectivity index (χ2n) is 11.4. The molecule has 5 rings (SSSR count). The Balaban J connectivity index is 1.57. The van der Waals surface area contributed by atoms with Crippen molar-refractivity contribution in [2.45, 2.75) is 44.3 Å². The van der Waals surface area contributed by atoms with Gasteiger partial charge in [0.2, 0.25) is 10.0 Å². The molecular formula is C31H35Br2N2O6S2-. The Morgan fingerprint density at radius 3 is 2.12 bits per heavy atom. The van der Waals surface area contributed by atoms with Crippen molar-refractivity contribution in [3.05, 3.63) is 79.7 Å².